The first-order chi connectivity index (χ1) is 11.8. The summed E-state index contributed by atoms with van der Waals surface area (Å²) in [5.41, 5.74) is 1.24. The summed E-state index contributed by atoms with van der Waals surface area (Å²) in [5, 5.41) is 9.42. The van der Waals surface area contributed by atoms with Gasteiger partial charge >= 0.3 is 0 Å². The predicted octanol–water partition coefficient (Wildman–Crippen LogP) is 6.91. The summed E-state index contributed by atoms with van der Waals surface area (Å²) in [7, 11) is 0. The van der Waals surface area contributed by atoms with Gasteiger partial charge in [0.1, 0.15) is 5.75 Å². The molecule has 0 saturated heterocycles. The van der Waals surface area contributed by atoms with E-state index in [1.165, 1.54) is 44.1 Å². The summed E-state index contributed by atoms with van der Waals surface area (Å²) in [6.45, 7) is 3.68. The quantitative estimate of drug-likeness (QED) is 0.237. The lowest BCUT2D eigenvalue weighted by Crippen LogP contribution is -1.86. The highest BCUT2D eigenvalue weighted by Gasteiger charge is 1.95. The highest BCUT2D eigenvalue weighted by atomic mass is 16.3. The Labute approximate surface area is 148 Å². The Kier molecular flexibility index (Phi) is 12.2. The molecule has 1 nitrogen and oxygen atoms in total. The molecule has 0 aliphatic carbocycles. The van der Waals surface area contributed by atoms with Crippen LogP contribution in [0.25, 0.3) is 0 Å². The van der Waals surface area contributed by atoms with Crippen molar-refractivity contribution in [3.05, 3.63) is 78.9 Å². The first-order valence-corrected chi connectivity index (χ1v) is 9.18. The summed E-state index contributed by atoms with van der Waals surface area (Å²) < 4.78 is 0. The highest BCUT2D eigenvalue weighted by Crippen LogP contribution is 2.14. The fraction of sp³-hybridized carbons (Fsp3) is 0.391. The molecule has 0 radical (unpaired) electrons. The first kappa shape index (κ1) is 20.0. The molecule has 0 aliphatic rings. The molecule has 0 saturated carbocycles. The van der Waals surface area contributed by atoms with Crippen molar-refractivity contribution in [1.29, 1.82) is 0 Å². The van der Waals surface area contributed by atoms with Crippen molar-refractivity contribution in [3.63, 3.8) is 0 Å². The minimum absolute atomic E-state index is 0.377. The number of hydrogen-bond donors (Lipinski definition) is 1. The maximum Gasteiger partial charge on any atom is 0.115 e. The Balaban J connectivity index is 1.91. The molecule has 0 aliphatic heterocycles. The number of aromatic hydroxyl groups is 1. The van der Waals surface area contributed by atoms with Crippen molar-refractivity contribution in [3.8, 4) is 5.75 Å². The Morgan fingerprint density at radius 3 is 2.38 bits per heavy atom. The van der Waals surface area contributed by atoms with Crippen LogP contribution in [0.4, 0.5) is 0 Å². The Bertz CT molecular complexity index is 523. The van der Waals surface area contributed by atoms with E-state index in [0.717, 1.165) is 19.3 Å². The average molecular weight is 325 g/mol. The molecule has 130 valence electrons. The van der Waals surface area contributed by atoms with Crippen LogP contribution >= 0.6 is 0 Å². The van der Waals surface area contributed by atoms with E-state index < -0.39 is 0 Å². The van der Waals surface area contributed by atoms with Crippen molar-refractivity contribution in [2.75, 3.05) is 0 Å². The van der Waals surface area contributed by atoms with Crippen LogP contribution in [-0.4, -0.2) is 5.11 Å². The summed E-state index contributed by atoms with van der Waals surface area (Å²) >= 11 is 0. The second kappa shape index (κ2) is 14.6. The molecule has 0 bridgehead atoms. The Morgan fingerprint density at radius 2 is 1.58 bits per heavy atom. The van der Waals surface area contributed by atoms with Gasteiger partial charge in [-0.25, -0.2) is 0 Å². The summed E-state index contributed by atoms with van der Waals surface area (Å²) in [6.07, 6.45) is 25.5. The Morgan fingerprint density at radius 1 is 0.833 bits per heavy atom. The van der Waals surface area contributed by atoms with Gasteiger partial charge < -0.3 is 5.11 Å². The third-order valence-corrected chi connectivity index (χ3v) is 3.87. The summed E-state index contributed by atoms with van der Waals surface area (Å²) in [6, 6.07) is 7.61. The number of allylic oxidation sites excluding steroid dienone is 7. The van der Waals surface area contributed by atoms with E-state index in [4.69, 9.17) is 0 Å². The SMILES string of the molecule is C=CCC=CC=CC/C=C\CCCCCCCc1cccc(O)c1. The van der Waals surface area contributed by atoms with Crippen molar-refractivity contribution >= 4 is 0 Å². The zero-order valence-electron chi connectivity index (χ0n) is 14.9. The minimum Gasteiger partial charge on any atom is -0.508 e. The van der Waals surface area contributed by atoms with Gasteiger partial charge in [-0.2, -0.15) is 0 Å². The van der Waals surface area contributed by atoms with Crippen LogP contribution in [0, 0.1) is 0 Å². The summed E-state index contributed by atoms with van der Waals surface area (Å²) in [4.78, 5) is 0. The monoisotopic (exact) mass is 324 g/mol. The molecule has 0 atom stereocenters. The molecule has 1 N–H and O–H groups in total. The van der Waals surface area contributed by atoms with E-state index in [1.54, 1.807) is 6.07 Å². The van der Waals surface area contributed by atoms with Crippen molar-refractivity contribution in [2.45, 2.75) is 57.8 Å². The molecule has 0 spiro atoms. The fourth-order valence-corrected chi connectivity index (χ4v) is 2.54. The lowest BCUT2D eigenvalue weighted by molar-refractivity contribution is 0.474. The van der Waals surface area contributed by atoms with Gasteiger partial charge in [-0.05, 0) is 56.2 Å². The van der Waals surface area contributed by atoms with Gasteiger partial charge in [0.25, 0.3) is 0 Å². The van der Waals surface area contributed by atoms with Gasteiger partial charge in [-0.15, -0.1) is 6.58 Å². The van der Waals surface area contributed by atoms with Crippen LogP contribution in [0.5, 0.6) is 5.75 Å². The zero-order valence-corrected chi connectivity index (χ0v) is 14.9. The molecular weight excluding hydrogens is 292 g/mol. The second-order valence-corrected chi connectivity index (χ2v) is 6.06. The van der Waals surface area contributed by atoms with Crippen LogP contribution in [0.1, 0.15) is 56.9 Å². The van der Waals surface area contributed by atoms with E-state index in [1.807, 2.05) is 18.2 Å². The predicted molar refractivity (Wildman–Crippen MR) is 106 cm³/mol. The van der Waals surface area contributed by atoms with Gasteiger partial charge in [0, 0.05) is 0 Å². The molecule has 24 heavy (non-hydrogen) atoms. The molecule has 0 aromatic heterocycles. The maximum absolute atomic E-state index is 9.42. The molecule has 0 amide bonds. The third kappa shape index (κ3) is 11.5. The van der Waals surface area contributed by atoms with Crippen molar-refractivity contribution in [1.82, 2.24) is 0 Å². The maximum atomic E-state index is 9.42. The number of rotatable bonds is 13. The minimum atomic E-state index is 0.377. The number of phenols is 1. The Hall–Kier alpha value is -2.02. The van der Waals surface area contributed by atoms with Crippen molar-refractivity contribution < 1.29 is 5.11 Å². The average Bonchev–Trinajstić information content (AvgIpc) is 2.58. The van der Waals surface area contributed by atoms with E-state index in [0.29, 0.717) is 5.75 Å². The number of unbranched alkanes of at least 4 members (excludes halogenated alkanes) is 5. The number of benzene rings is 1. The molecule has 0 fully saturated rings. The largest absolute Gasteiger partial charge is 0.508 e. The van der Waals surface area contributed by atoms with Gasteiger partial charge in [-0.3, -0.25) is 0 Å². The van der Waals surface area contributed by atoms with Gasteiger partial charge in [0.05, 0.1) is 0 Å². The van der Waals surface area contributed by atoms with Crippen molar-refractivity contribution in [2.24, 2.45) is 0 Å². The lowest BCUT2D eigenvalue weighted by Gasteiger charge is -2.02. The third-order valence-electron chi connectivity index (χ3n) is 3.87. The van der Waals surface area contributed by atoms with Crippen LogP contribution in [-0.2, 0) is 6.42 Å². The van der Waals surface area contributed by atoms with Gasteiger partial charge in [-0.1, -0.05) is 73.9 Å². The molecule has 1 rings (SSSR count). The van der Waals surface area contributed by atoms with Gasteiger partial charge in [0.15, 0.2) is 0 Å². The smallest absolute Gasteiger partial charge is 0.115 e. The second-order valence-electron chi connectivity index (χ2n) is 6.06. The van der Waals surface area contributed by atoms with Crippen LogP contribution < -0.4 is 0 Å². The molecule has 1 aromatic rings. The molecule has 1 heteroatoms. The molecule has 1 aromatic carbocycles. The van der Waals surface area contributed by atoms with E-state index in [2.05, 4.69) is 49.1 Å². The van der Waals surface area contributed by atoms with E-state index in [-0.39, 0.29) is 0 Å². The van der Waals surface area contributed by atoms with Crippen LogP contribution in [0.15, 0.2) is 73.4 Å². The van der Waals surface area contributed by atoms with E-state index >= 15 is 0 Å². The number of aryl methyl sites for hydroxylation is 1. The number of phenolic OH excluding ortho intramolecular Hbond substituents is 1. The molecule has 0 heterocycles. The lowest BCUT2D eigenvalue weighted by atomic mass is 10.0. The molecular formula is C23H32O. The van der Waals surface area contributed by atoms with E-state index in [9.17, 15) is 5.11 Å². The molecule has 0 unspecified atom stereocenters. The van der Waals surface area contributed by atoms with Crippen LogP contribution in [0.3, 0.4) is 0 Å². The van der Waals surface area contributed by atoms with Crippen LogP contribution in [0.2, 0.25) is 0 Å². The normalized spacial score (nSPS) is 11.8. The topological polar surface area (TPSA) is 20.2 Å². The fourth-order valence-electron chi connectivity index (χ4n) is 2.54. The summed E-state index contributed by atoms with van der Waals surface area (Å²) in [5.74, 6) is 0.377. The zero-order chi connectivity index (χ0) is 17.3. The standard InChI is InChI=1S/C23H32O/c1-2-3-4-5-6-7-8-9-10-11-12-13-14-15-16-18-22-19-17-20-23(24)21-22/h2,4-7,9-10,17,19-21,24H,1,3,8,11-16,18H2/b5-4?,7-6?,10-9-. The number of hydrogen-bond acceptors (Lipinski definition) is 1. The van der Waals surface area contributed by atoms with Gasteiger partial charge in [0.2, 0.25) is 0 Å². The highest BCUT2D eigenvalue weighted by molar-refractivity contribution is 5.27. The first-order valence-electron chi connectivity index (χ1n) is 9.18.